The summed E-state index contributed by atoms with van der Waals surface area (Å²) in [5, 5.41) is 1.72. The lowest BCUT2D eigenvalue weighted by molar-refractivity contribution is 0.592. The summed E-state index contributed by atoms with van der Waals surface area (Å²) in [5.41, 5.74) is 0. The van der Waals surface area contributed by atoms with Crippen LogP contribution in [-0.4, -0.2) is 12.5 Å². The number of hydrogen-bond acceptors (Lipinski definition) is 3. The number of thioether (sulfide) groups is 2. The van der Waals surface area contributed by atoms with Crippen LogP contribution >= 0.6 is 30.7 Å². The first-order chi connectivity index (χ1) is 10.7. The molecule has 0 aliphatic heterocycles. The normalized spacial score (nSPS) is 11.5. The fraction of sp³-hybridized carbons (Fsp3) is 0.111. The van der Waals surface area contributed by atoms with Gasteiger partial charge >= 0.3 is 0 Å². The van der Waals surface area contributed by atoms with Crippen molar-refractivity contribution in [2.45, 2.75) is 0 Å². The van der Waals surface area contributed by atoms with Crippen LogP contribution in [0.1, 0.15) is 0 Å². The number of allylic oxidation sites excluding steroid dienone is 2. The van der Waals surface area contributed by atoms with Crippen molar-refractivity contribution in [3.05, 3.63) is 82.9 Å². The average molecular weight is 346 g/mol. The van der Waals surface area contributed by atoms with Crippen molar-refractivity contribution < 1.29 is 4.57 Å². The van der Waals surface area contributed by atoms with E-state index in [0.717, 1.165) is 10.6 Å². The van der Waals surface area contributed by atoms with Gasteiger partial charge in [-0.15, -0.1) is 23.5 Å². The van der Waals surface area contributed by atoms with Gasteiger partial charge in [-0.05, 0) is 24.4 Å². The van der Waals surface area contributed by atoms with Gasteiger partial charge in [0.25, 0.3) is 0 Å². The Morgan fingerprint density at radius 1 is 0.864 bits per heavy atom. The molecule has 0 aliphatic carbocycles. The first-order valence-corrected chi connectivity index (χ1v) is 11.1. The fourth-order valence-electron chi connectivity index (χ4n) is 2.08. The molecule has 0 saturated carbocycles. The Kier molecular flexibility index (Phi) is 6.63. The Hall–Kier alpha value is -1.15. The first kappa shape index (κ1) is 17.2. The van der Waals surface area contributed by atoms with Crippen molar-refractivity contribution >= 4 is 41.3 Å². The Morgan fingerprint density at radius 3 is 1.73 bits per heavy atom. The molecule has 0 amide bonds. The Balaban J connectivity index is 2.46. The van der Waals surface area contributed by atoms with Crippen LogP contribution in [0, 0.1) is 0 Å². The zero-order chi connectivity index (χ0) is 15.8. The van der Waals surface area contributed by atoms with Crippen molar-refractivity contribution in [1.29, 1.82) is 0 Å². The smallest absolute Gasteiger partial charge is 0.164 e. The Morgan fingerprint density at radius 2 is 1.32 bits per heavy atom. The lowest BCUT2D eigenvalue weighted by Crippen LogP contribution is -2.13. The molecule has 0 N–H and O–H groups in total. The SMILES string of the molecule is CSC(=C/C=C/P(=O)(c1ccccc1)c1ccccc1)SC. The van der Waals surface area contributed by atoms with Gasteiger partial charge in [0.15, 0.2) is 7.14 Å². The van der Waals surface area contributed by atoms with E-state index in [4.69, 9.17) is 0 Å². The van der Waals surface area contributed by atoms with Crippen LogP contribution in [0.15, 0.2) is 82.9 Å². The minimum atomic E-state index is -2.74. The lowest BCUT2D eigenvalue weighted by Gasteiger charge is -2.15. The van der Waals surface area contributed by atoms with Crippen LogP contribution in [-0.2, 0) is 4.57 Å². The summed E-state index contributed by atoms with van der Waals surface area (Å²) in [4.78, 5) is 0. The van der Waals surface area contributed by atoms with Gasteiger partial charge in [-0.25, -0.2) is 0 Å². The summed E-state index contributed by atoms with van der Waals surface area (Å²) in [7, 11) is -2.74. The van der Waals surface area contributed by atoms with Crippen LogP contribution in [0.2, 0.25) is 0 Å². The minimum Gasteiger partial charge on any atom is -0.309 e. The molecule has 2 aromatic rings. The van der Waals surface area contributed by atoms with Gasteiger partial charge in [0.05, 0.1) is 0 Å². The first-order valence-electron chi connectivity index (χ1n) is 6.89. The van der Waals surface area contributed by atoms with Gasteiger partial charge < -0.3 is 4.57 Å². The predicted molar refractivity (Wildman–Crippen MR) is 104 cm³/mol. The molecule has 0 aliphatic rings. The van der Waals surface area contributed by atoms with Gasteiger partial charge in [0, 0.05) is 14.8 Å². The quantitative estimate of drug-likeness (QED) is 0.536. The second kappa shape index (κ2) is 8.47. The fourth-order valence-corrected chi connectivity index (χ4v) is 5.38. The zero-order valence-electron chi connectivity index (χ0n) is 12.7. The topological polar surface area (TPSA) is 17.1 Å². The molecule has 0 fully saturated rings. The summed E-state index contributed by atoms with van der Waals surface area (Å²) in [6.45, 7) is 0. The van der Waals surface area contributed by atoms with E-state index in [-0.39, 0.29) is 0 Å². The molecule has 114 valence electrons. The molecule has 22 heavy (non-hydrogen) atoms. The summed E-state index contributed by atoms with van der Waals surface area (Å²) in [5.74, 6) is 1.85. The molecular weight excluding hydrogens is 327 g/mol. The zero-order valence-corrected chi connectivity index (χ0v) is 15.2. The Labute approximate surface area is 141 Å². The van der Waals surface area contributed by atoms with Crippen molar-refractivity contribution in [3.8, 4) is 0 Å². The second-order valence-electron chi connectivity index (χ2n) is 4.56. The van der Waals surface area contributed by atoms with Crippen molar-refractivity contribution in [2.24, 2.45) is 0 Å². The summed E-state index contributed by atoms with van der Waals surface area (Å²) >= 11 is 3.39. The molecule has 0 unspecified atom stereocenters. The van der Waals surface area contributed by atoms with Crippen LogP contribution in [0.4, 0.5) is 0 Å². The molecule has 2 aromatic carbocycles. The molecule has 0 spiro atoms. The van der Waals surface area contributed by atoms with E-state index in [1.807, 2.05) is 91.1 Å². The third kappa shape index (κ3) is 4.19. The average Bonchev–Trinajstić information content (AvgIpc) is 2.60. The van der Waals surface area contributed by atoms with E-state index in [9.17, 15) is 4.57 Å². The van der Waals surface area contributed by atoms with E-state index in [2.05, 4.69) is 0 Å². The molecule has 0 aromatic heterocycles. The summed E-state index contributed by atoms with van der Waals surface area (Å²) < 4.78 is 14.8. The molecular formula is C18H19OPS2. The monoisotopic (exact) mass is 346 g/mol. The maximum absolute atomic E-state index is 13.6. The van der Waals surface area contributed by atoms with Gasteiger partial charge in [-0.2, -0.15) is 0 Å². The highest BCUT2D eigenvalue weighted by molar-refractivity contribution is 8.21. The molecule has 2 rings (SSSR count). The number of rotatable bonds is 6. The van der Waals surface area contributed by atoms with Crippen LogP contribution in [0.3, 0.4) is 0 Å². The third-order valence-corrected chi connectivity index (χ3v) is 8.01. The molecule has 1 nitrogen and oxygen atoms in total. The van der Waals surface area contributed by atoms with Gasteiger partial charge in [-0.3, -0.25) is 0 Å². The Bertz CT molecular complexity index is 644. The standard InChI is InChI=1S/C18H19OPS2/c1-21-18(22-2)14-9-15-20(19,16-10-5-3-6-11-16)17-12-7-4-8-13-17/h3-15H,1-2H3/b15-9+. The molecule has 0 radical (unpaired) electrons. The highest BCUT2D eigenvalue weighted by Crippen LogP contribution is 2.45. The lowest BCUT2D eigenvalue weighted by atomic mass is 10.4. The molecule has 0 bridgehead atoms. The number of hydrogen-bond donors (Lipinski definition) is 0. The second-order valence-corrected chi connectivity index (χ2v) is 9.17. The van der Waals surface area contributed by atoms with Crippen LogP contribution in [0.25, 0.3) is 0 Å². The van der Waals surface area contributed by atoms with E-state index < -0.39 is 7.14 Å². The number of benzene rings is 2. The van der Waals surface area contributed by atoms with Crippen molar-refractivity contribution in [3.63, 3.8) is 0 Å². The van der Waals surface area contributed by atoms with Gasteiger partial charge in [0.1, 0.15) is 0 Å². The van der Waals surface area contributed by atoms with Crippen LogP contribution in [0.5, 0.6) is 0 Å². The van der Waals surface area contributed by atoms with Crippen molar-refractivity contribution in [1.82, 2.24) is 0 Å². The summed E-state index contributed by atoms with van der Waals surface area (Å²) in [6, 6.07) is 19.4. The van der Waals surface area contributed by atoms with E-state index >= 15 is 0 Å². The summed E-state index contributed by atoms with van der Waals surface area (Å²) in [6.07, 6.45) is 8.03. The van der Waals surface area contributed by atoms with Gasteiger partial charge in [-0.1, -0.05) is 66.7 Å². The maximum Gasteiger partial charge on any atom is 0.164 e. The highest BCUT2D eigenvalue weighted by atomic mass is 32.2. The van der Waals surface area contributed by atoms with Gasteiger partial charge in [0.2, 0.25) is 0 Å². The molecule has 0 saturated heterocycles. The maximum atomic E-state index is 13.6. The third-order valence-electron chi connectivity index (χ3n) is 3.21. The minimum absolute atomic E-state index is 0.862. The largest absolute Gasteiger partial charge is 0.309 e. The van der Waals surface area contributed by atoms with E-state index in [1.54, 1.807) is 23.5 Å². The predicted octanol–water partition coefficient (Wildman–Crippen LogP) is 5.08. The highest BCUT2D eigenvalue weighted by Gasteiger charge is 2.23. The molecule has 4 heteroatoms. The molecule has 0 heterocycles. The van der Waals surface area contributed by atoms with E-state index in [1.165, 1.54) is 4.24 Å². The van der Waals surface area contributed by atoms with E-state index in [0.29, 0.717) is 0 Å². The van der Waals surface area contributed by atoms with Crippen LogP contribution < -0.4 is 10.6 Å². The molecule has 0 atom stereocenters. The van der Waals surface area contributed by atoms with Crippen molar-refractivity contribution in [2.75, 3.05) is 12.5 Å².